The van der Waals surface area contributed by atoms with Crippen LogP contribution in [0.4, 0.5) is 0 Å². The third-order valence-corrected chi connectivity index (χ3v) is 0.637. The van der Waals surface area contributed by atoms with Gasteiger partial charge in [-0.05, 0) is 6.07 Å². The zero-order valence-electron chi connectivity index (χ0n) is 4.03. The molecule has 3 heteroatoms. The van der Waals surface area contributed by atoms with Crippen molar-refractivity contribution in [3.8, 4) is 0 Å². The average molecular weight is 119 g/mol. The van der Waals surface area contributed by atoms with Gasteiger partial charge in [-0.25, -0.2) is 0 Å². The van der Waals surface area contributed by atoms with Gasteiger partial charge in [0.25, 0.3) is 0 Å². The van der Waals surface area contributed by atoms with Crippen molar-refractivity contribution in [1.29, 1.82) is 0 Å². The molecule has 0 N–H and O–H groups in total. The first-order valence-electron chi connectivity index (χ1n) is 1.83. The number of hydrogen-bond donors (Lipinski definition) is 0. The molecule has 0 atom stereocenters. The van der Waals surface area contributed by atoms with Crippen LogP contribution in [0.1, 0.15) is 0 Å². The molecule has 0 bridgehead atoms. The lowest BCUT2D eigenvalue weighted by Crippen LogP contribution is -1.83. The summed E-state index contributed by atoms with van der Waals surface area (Å²) in [7, 11) is 1.89. The Hall–Kier alpha value is -0.500. The molecular weight excluding hydrogens is 112 g/mol. The molecule has 1 rings (SSSR count). The van der Waals surface area contributed by atoms with Gasteiger partial charge < -0.3 is 0 Å². The maximum absolute atomic E-state index is 3.83. The standard InChI is InChI=1S/C4H6N2.ClH/c1-6-4-2-3-5-6;/h2-4H,1H3;1H. The Morgan fingerprint density at radius 1 is 1.57 bits per heavy atom. The number of rotatable bonds is 0. The maximum Gasteiger partial charge on any atom is 0.0489 e. The van der Waals surface area contributed by atoms with Gasteiger partial charge in [-0.3, -0.25) is 4.68 Å². The summed E-state index contributed by atoms with van der Waals surface area (Å²) in [6, 6.07) is 1.89. The second kappa shape index (κ2) is 2.64. The Morgan fingerprint density at radius 2 is 2.29 bits per heavy atom. The van der Waals surface area contributed by atoms with E-state index >= 15 is 0 Å². The Balaban J connectivity index is 0.000000360. The van der Waals surface area contributed by atoms with E-state index in [0.29, 0.717) is 0 Å². The molecule has 1 aromatic heterocycles. The Kier molecular flexibility index (Phi) is 2.45. The fourth-order valence-electron chi connectivity index (χ4n) is 0.345. The van der Waals surface area contributed by atoms with Crippen molar-refractivity contribution in [2.75, 3.05) is 0 Å². The molecule has 40 valence electrons. The first-order chi connectivity index (χ1) is 2.89. The molecule has 2 nitrogen and oxygen atoms in total. The Labute approximate surface area is 48.6 Å². The van der Waals surface area contributed by atoms with E-state index in [1.807, 2.05) is 19.3 Å². The molecule has 1 heterocycles. The molecule has 0 saturated heterocycles. The van der Waals surface area contributed by atoms with Crippen molar-refractivity contribution in [2.24, 2.45) is 7.05 Å². The van der Waals surface area contributed by atoms with Crippen LogP contribution in [0.2, 0.25) is 0 Å². The topological polar surface area (TPSA) is 17.8 Å². The minimum atomic E-state index is 0. The van der Waals surface area contributed by atoms with Crippen molar-refractivity contribution in [3.05, 3.63) is 18.5 Å². The van der Waals surface area contributed by atoms with E-state index in [1.165, 1.54) is 0 Å². The van der Waals surface area contributed by atoms with E-state index in [9.17, 15) is 0 Å². The van der Waals surface area contributed by atoms with Crippen LogP contribution >= 0.6 is 12.4 Å². The van der Waals surface area contributed by atoms with Gasteiger partial charge in [0, 0.05) is 19.4 Å². The van der Waals surface area contributed by atoms with E-state index < -0.39 is 0 Å². The van der Waals surface area contributed by atoms with E-state index in [-0.39, 0.29) is 12.4 Å². The van der Waals surface area contributed by atoms with E-state index in [1.54, 1.807) is 10.9 Å². The molecule has 0 aliphatic heterocycles. The molecule has 0 aromatic carbocycles. The van der Waals surface area contributed by atoms with Crippen LogP contribution in [0.3, 0.4) is 0 Å². The summed E-state index contributed by atoms with van der Waals surface area (Å²) < 4.78 is 1.75. The SMILES string of the molecule is Cl.Cn1cccn1. The molecular formula is C4H7ClN2. The third kappa shape index (κ3) is 1.59. The minimum Gasteiger partial charge on any atom is -0.276 e. The molecule has 7 heavy (non-hydrogen) atoms. The van der Waals surface area contributed by atoms with Gasteiger partial charge in [0.05, 0.1) is 0 Å². The quantitative estimate of drug-likeness (QED) is 0.494. The zero-order chi connectivity index (χ0) is 4.41. The van der Waals surface area contributed by atoms with E-state index in [4.69, 9.17) is 0 Å². The lowest BCUT2D eigenvalue weighted by Gasteiger charge is -1.77. The van der Waals surface area contributed by atoms with Crippen LogP contribution in [-0.4, -0.2) is 9.78 Å². The third-order valence-electron chi connectivity index (χ3n) is 0.637. The summed E-state index contributed by atoms with van der Waals surface area (Å²) >= 11 is 0. The molecule has 0 unspecified atom stereocenters. The first-order valence-corrected chi connectivity index (χ1v) is 1.83. The molecule has 0 spiro atoms. The highest BCUT2D eigenvalue weighted by atomic mass is 35.5. The van der Waals surface area contributed by atoms with Gasteiger partial charge in [-0.2, -0.15) is 5.10 Å². The summed E-state index contributed by atoms with van der Waals surface area (Å²) in [5.41, 5.74) is 0. The molecule has 0 saturated carbocycles. The highest BCUT2D eigenvalue weighted by Crippen LogP contribution is 1.73. The second-order valence-electron chi connectivity index (χ2n) is 1.18. The highest BCUT2D eigenvalue weighted by Gasteiger charge is 1.69. The van der Waals surface area contributed by atoms with Gasteiger partial charge in [-0.1, -0.05) is 0 Å². The number of hydrogen-bond acceptors (Lipinski definition) is 1. The zero-order valence-corrected chi connectivity index (χ0v) is 4.85. The maximum atomic E-state index is 3.83. The average Bonchev–Trinajstić information content (AvgIpc) is 1.86. The van der Waals surface area contributed by atoms with Crippen molar-refractivity contribution in [3.63, 3.8) is 0 Å². The number of aromatic nitrogens is 2. The lowest BCUT2D eigenvalue weighted by molar-refractivity contribution is 0.768. The van der Waals surface area contributed by atoms with Crippen LogP contribution in [0.5, 0.6) is 0 Å². The summed E-state index contributed by atoms with van der Waals surface area (Å²) in [4.78, 5) is 0. The minimum absolute atomic E-state index is 0. The van der Waals surface area contributed by atoms with E-state index in [0.717, 1.165) is 0 Å². The molecule has 0 aliphatic rings. The molecule has 0 fully saturated rings. The summed E-state index contributed by atoms with van der Waals surface area (Å²) in [6.45, 7) is 0. The van der Waals surface area contributed by atoms with Crippen LogP contribution < -0.4 is 0 Å². The second-order valence-corrected chi connectivity index (χ2v) is 1.18. The van der Waals surface area contributed by atoms with Crippen LogP contribution in [0.15, 0.2) is 18.5 Å². The summed E-state index contributed by atoms with van der Waals surface area (Å²) in [6.07, 6.45) is 3.64. The normalized spacial score (nSPS) is 7.57. The monoisotopic (exact) mass is 118 g/mol. The largest absolute Gasteiger partial charge is 0.276 e. The highest BCUT2D eigenvalue weighted by molar-refractivity contribution is 5.85. The predicted octanol–water partition coefficient (Wildman–Crippen LogP) is 0.842. The smallest absolute Gasteiger partial charge is 0.0489 e. The lowest BCUT2D eigenvalue weighted by atomic mass is 10.8. The van der Waals surface area contributed by atoms with Crippen LogP contribution in [-0.2, 0) is 7.05 Å². The van der Waals surface area contributed by atoms with Gasteiger partial charge in [0.15, 0.2) is 0 Å². The molecule has 0 amide bonds. The van der Waals surface area contributed by atoms with Crippen LogP contribution in [0.25, 0.3) is 0 Å². The van der Waals surface area contributed by atoms with Gasteiger partial charge in [0.2, 0.25) is 0 Å². The number of nitrogens with zero attached hydrogens (tertiary/aromatic N) is 2. The summed E-state index contributed by atoms with van der Waals surface area (Å²) in [5.74, 6) is 0. The fourth-order valence-corrected chi connectivity index (χ4v) is 0.345. The van der Waals surface area contributed by atoms with Gasteiger partial charge >= 0.3 is 0 Å². The number of halogens is 1. The van der Waals surface area contributed by atoms with Crippen molar-refractivity contribution < 1.29 is 0 Å². The van der Waals surface area contributed by atoms with Gasteiger partial charge in [-0.15, -0.1) is 12.4 Å². The fraction of sp³-hybridized carbons (Fsp3) is 0.250. The molecule has 0 aliphatic carbocycles. The molecule has 0 radical (unpaired) electrons. The molecule has 1 aromatic rings. The Morgan fingerprint density at radius 3 is 2.43 bits per heavy atom. The van der Waals surface area contributed by atoms with Crippen molar-refractivity contribution in [2.45, 2.75) is 0 Å². The summed E-state index contributed by atoms with van der Waals surface area (Å²) in [5, 5.41) is 3.83. The van der Waals surface area contributed by atoms with Gasteiger partial charge in [0.1, 0.15) is 0 Å². The predicted molar refractivity (Wildman–Crippen MR) is 30.5 cm³/mol. The van der Waals surface area contributed by atoms with Crippen molar-refractivity contribution in [1.82, 2.24) is 9.78 Å². The number of aryl methyl sites for hydroxylation is 1. The first kappa shape index (κ1) is 6.50. The van der Waals surface area contributed by atoms with Crippen LogP contribution in [0, 0.1) is 0 Å². The Bertz CT molecular complexity index is 113. The van der Waals surface area contributed by atoms with Crippen molar-refractivity contribution >= 4 is 12.4 Å². The van der Waals surface area contributed by atoms with E-state index in [2.05, 4.69) is 5.10 Å².